The van der Waals surface area contributed by atoms with Gasteiger partial charge in [0, 0.05) is 50.4 Å². The Morgan fingerprint density at radius 1 is 0.343 bits per heavy atom. The minimum Gasteiger partial charge on any atom is -0.310 e. The summed E-state index contributed by atoms with van der Waals surface area (Å²) in [5.74, 6) is 0.882. The number of hydrogen-bond donors (Lipinski definition) is 0. The summed E-state index contributed by atoms with van der Waals surface area (Å²) in [5, 5.41) is 5.74. The van der Waals surface area contributed by atoms with Crippen LogP contribution < -0.4 is 4.90 Å². The highest BCUT2D eigenvalue weighted by atomic mass is 15.1. The molecule has 9 aromatic carbocycles. The molecule has 67 heavy (non-hydrogen) atoms. The summed E-state index contributed by atoms with van der Waals surface area (Å²) in [6, 6.07) is 84.7. The number of aromatic nitrogens is 4. The van der Waals surface area contributed by atoms with Crippen molar-refractivity contribution in [3.05, 3.63) is 249 Å². The minimum atomic E-state index is 0.882. The van der Waals surface area contributed by atoms with Gasteiger partial charge in [-0.05, 0) is 112 Å². The van der Waals surface area contributed by atoms with Gasteiger partial charge in [0.1, 0.15) is 11.5 Å². The van der Waals surface area contributed by atoms with Gasteiger partial charge in [0.15, 0.2) is 0 Å². The van der Waals surface area contributed by atoms with Crippen molar-refractivity contribution >= 4 is 66.2 Å². The summed E-state index contributed by atoms with van der Waals surface area (Å²) >= 11 is 0. The van der Waals surface area contributed by atoms with Crippen LogP contribution in [0.4, 0.5) is 17.1 Å². The number of anilines is 3. The molecule has 0 aliphatic heterocycles. The van der Waals surface area contributed by atoms with E-state index < -0.39 is 0 Å². The summed E-state index contributed by atoms with van der Waals surface area (Å²) < 4.78 is 4.67. The molecule has 0 fully saturated rings. The molecular weight excluding hydrogens is 815 g/mol. The van der Waals surface area contributed by atoms with E-state index in [1.165, 1.54) is 16.3 Å². The molecule has 0 atom stereocenters. The number of fused-ring (bicyclic) bond motifs is 9. The summed E-state index contributed by atoms with van der Waals surface area (Å²) in [5.41, 5.74) is 16.4. The van der Waals surface area contributed by atoms with Gasteiger partial charge < -0.3 is 4.90 Å². The molecule has 0 amide bonds. The molecule has 0 aliphatic carbocycles. The second-order valence-electron chi connectivity index (χ2n) is 17.0. The van der Waals surface area contributed by atoms with Crippen LogP contribution in [0.5, 0.6) is 0 Å². The molecule has 4 heterocycles. The van der Waals surface area contributed by atoms with Crippen LogP contribution in [0.2, 0.25) is 0 Å². The Hall–Kier alpha value is -9.06. The molecule has 0 saturated heterocycles. The van der Waals surface area contributed by atoms with Crippen molar-refractivity contribution in [2.45, 2.75) is 0 Å². The Labute approximate surface area is 387 Å². The lowest BCUT2D eigenvalue weighted by atomic mass is 9.86. The van der Waals surface area contributed by atoms with Crippen LogP contribution in [0, 0.1) is 0 Å². The molecule has 0 aliphatic rings. The van der Waals surface area contributed by atoms with Crippen molar-refractivity contribution in [1.82, 2.24) is 18.9 Å². The van der Waals surface area contributed by atoms with Crippen molar-refractivity contribution < 1.29 is 0 Å². The molecule has 0 radical (unpaired) electrons. The quantitative estimate of drug-likeness (QED) is 0.143. The lowest BCUT2D eigenvalue weighted by Crippen LogP contribution is -2.10. The number of imidazole rings is 1. The van der Waals surface area contributed by atoms with Gasteiger partial charge in [-0.1, -0.05) is 164 Å². The van der Waals surface area contributed by atoms with E-state index in [9.17, 15) is 0 Å². The molecule has 314 valence electrons. The van der Waals surface area contributed by atoms with Crippen molar-refractivity contribution in [3.8, 4) is 50.5 Å². The highest BCUT2D eigenvalue weighted by molar-refractivity contribution is 6.15. The predicted octanol–water partition coefficient (Wildman–Crippen LogP) is 16.3. The lowest BCUT2D eigenvalue weighted by molar-refractivity contribution is 1.08. The zero-order valence-electron chi connectivity index (χ0n) is 36.4. The van der Waals surface area contributed by atoms with E-state index >= 15 is 0 Å². The molecule has 0 spiro atoms. The number of rotatable bonds is 8. The highest BCUT2D eigenvalue weighted by Crippen LogP contribution is 2.46. The maximum atomic E-state index is 5.41. The fraction of sp³-hybridized carbons (Fsp3) is 0. The normalized spacial score (nSPS) is 11.6. The van der Waals surface area contributed by atoms with Crippen molar-refractivity contribution in [2.24, 2.45) is 0 Å². The van der Waals surface area contributed by atoms with E-state index in [4.69, 9.17) is 9.97 Å². The summed E-state index contributed by atoms with van der Waals surface area (Å²) in [6.45, 7) is 0. The fourth-order valence-electron chi connectivity index (χ4n) is 10.2. The Bertz CT molecular complexity index is 3890. The van der Waals surface area contributed by atoms with Gasteiger partial charge in [-0.25, -0.2) is 9.97 Å². The molecule has 0 saturated carbocycles. The van der Waals surface area contributed by atoms with E-state index in [-0.39, 0.29) is 0 Å². The lowest BCUT2D eigenvalue weighted by Gasteiger charge is -2.26. The van der Waals surface area contributed by atoms with Gasteiger partial charge >= 0.3 is 0 Å². The molecule has 0 bridgehead atoms. The Balaban J connectivity index is 1.08. The van der Waals surface area contributed by atoms with Crippen LogP contribution in [0.15, 0.2) is 249 Å². The zero-order chi connectivity index (χ0) is 44.3. The molecule has 4 aromatic heterocycles. The van der Waals surface area contributed by atoms with Crippen LogP contribution in [-0.4, -0.2) is 18.9 Å². The average Bonchev–Trinajstić information content (AvgIpc) is 4.00. The van der Waals surface area contributed by atoms with Gasteiger partial charge in [0.25, 0.3) is 0 Å². The SMILES string of the molecule is c1ccc(-c2cc(-c3ccccc3)c(-c3cnc4c5cc(N(c6ccccc6)c6ccc7c8ccccc8n(-c8ccccn8)c7c6)ccc5c5ccccc5n34)c(-c3ccccc3)c2)cc1. The maximum Gasteiger partial charge on any atom is 0.145 e. The van der Waals surface area contributed by atoms with E-state index in [1.54, 1.807) is 0 Å². The van der Waals surface area contributed by atoms with Gasteiger partial charge in [-0.3, -0.25) is 8.97 Å². The first-order chi connectivity index (χ1) is 33.3. The maximum absolute atomic E-state index is 5.41. The van der Waals surface area contributed by atoms with E-state index in [2.05, 4.69) is 245 Å². The topological polar surface area (TPSA) is 38.4 Å². The van der Waals surface area contributed by atoms with Gasteiger partial charge in [-0.15, -0.1) is 0 Å². The van der Waals surface area contributed by atoms with Crippen LogP contribution >= 0.6 is 0 Å². The van der Waals surface area contributed by atoms with Crippen molar-refractivity contribution in [3.63, 3.8) is 0 Å². The summed E-state index contributed by atoms with van der Waals surface area (Å²) in [6.07, 6.45) is 3.95. The summed E-state index contributed by atoms with van der Waals surface area (Å²) in [7, 11) is 0. The fourth-order valence-corrected chi connectivity index (χ4v) is 10.2. The van der Waals surface area contributed by atoms with E-state index in [1.807, 2.05) is 18.3 Å². The number of pyridine rings is 2. The predicted molar refractivity (Wildman–Crippen MR) is 279 cm³/mol. The number of hydrogen-bond acceptors (Lipinski definition) is 3. The van der Waals surface area contributed by atoms with Crippen LogP contribution in [0.25, 0.3) is 99.6 Å². The largest absolute Gasteiger partial charge is 0.310 e. The standard InChI is InChI=1S/C62H41N5/c1-5-19-42(20-6-1)45-37-53(43-21-7-2-8-22-43)61(54(38-45)44-23-9-3-10-24-44)59-41-64-62-55-39-47(32-34-49(55)50-27-13-16-30-57(50)67(59)62)65(46-25-11-4-12-26-46)48-33-35-52-51-28-14-15-29-56(51)66(58(52)40-48)60-31-17-18-36-63-60/h1-41H. The van der Waals surface area contributed by atoms with Crippen molar-refractivity contribution in [1.29, 1.82) is 0 Å². The Morgan fingerprint density at radius 3 is 1.54 bits per heavy atom. The third-order valence-corrected chi connectivity index (χ3v) is 13.2. The van der Waals surface area contributed by atoms with Crippen LogP contribution in [0.1, 0.15) is 0 Å². The minimum absolute atomic E-state index is 0.882. The molecule has 13 aromatic rings. The first-order valence-corrected chi connectivity index (χ1v) is 22.7. The third-order valence-electron chi connectivity index (χ3n) is 13.2. The monoisotopic (exact) mass is 855 g/mol. The van der Waals surface area contributed by atoms with Crippen molar-refractivity contribution in [2.75, 3.05) is 4.90 Å². The van der Waals surface area contributed by atoms with Gasteiger partial charge in [-0.2, -0.15) is 0 Å². The van der Waals surface area contributed by atoms with Gasteiger partial charge in [0.2, 0.25) is 0 Å². The number of para-hydroxylation sites is 3. The molecule has 13 rings (SSSR count). The highest BCUT2D eigenvalue weighted by Gasteiger charge is 2.24. The average molecular weight is 856 g/mol. The van der Waals surface area contributed by atoms with Crippen LogP contribution in [0.3, 0.4) is 0 Å². The van der Waals surface area contributed by atoms with Crippen LogP contribution in [-0.2, 0) is 0 Å². The molecule has 0 N–H and O–H groups in total. The van der Waals surface area contributed by atoms with E-state index in [0.717, 1.165) is 100 Å². The Morgan fingerprint density at radius 2 is 0.881 bits per heavy atom. The second-order valence-corrected chi connectivity index (χ2v) is 17.0. The van der Waals surface area contributed by atoms with Gasteiger partial charge in [0.05, 0.1) is 28.4 Å². The third kappa shape index (κ3) is 6.39. The molecular formula is C62H41N5. The molecule has 5 nitrogen and oxygen atoms in total. The number of nitrogens with zero attached hydrogens (tertiary/aromatic N) is 5. The first kappa shape index (κ1) is 38.4. The first-order valence-electron chi connectivity index (χ1n) is 22.7. The molecule has 0 unspecified atom stereocenters. The zero-order valence-corrected chi connectivity index (χ0v) is 36.4. The smallest absolute Gasteiger partial charge is 0.145 e. The molecule has 5 heteroatoms. The summed E-state index contributed by atoms with van der Waals surface area (Å²) in [4.78, 5) is 12.6. The Kier molecular flexibility index (Phi) is 9.10. The van der Waals surface area contributed by atoms with E-state index in [0.29, 0.717) is 0 Å². The second kappa shape index (κ2) is 15.9. The number of benzene rings is 9.